The minimum absolute atomic E-state index is 0.532. The Morgan fingerprint density at radius 2 is 2.15 bits per heavy atom. The van der Waals surface area contributed by atoms with E-state index in [1.54, 1.807) is 0 Å². The summed E-state index contributed by atoms with van der Waals surface area (Å²) < 4.78 is 1.29. The SMILES string of the molecule is C=CC(CCC)NCCCCCI. The van der Waals surface area contributed by atoms with Crippen molar-refractivity contribution in [1.29, 1.82) is 0 Å². The lowest BCUT2D eigenvalue weighted by molar-refractivity contribution is 0.529. The molecule has 0 saturated heterocycles. The highest BCUT2D eigenvalue weighted by molar-refractivity contribution is 14.1. The summed E-state index contributed by atoms with van der Waals surface area (Å²) in [6, 6.07) is 0.532. The van der Waals surface area contributed by atoms with Crippen molar-refractivity contribution in [2.24, 2.45) is 0 Å². The zero-order chi connectivity index (χ0) is 9.94. The number of hydrogen-bond acceptors (Lipinski definition) is 1. The summed E-state index contributed by atoms with van der Waals surface area (Å²) in [5.41, 5.74) is 0. The van der Waals surface area contributed by atoms with E-state index in [9.17, 15) is 0 Å². The second kappa shape index (κ2) is 10.5. The molecular weight excluding hydrogens is 273 g/mol. The third-order valence-electron chi connectivity index (χ3n) is 2.10. The Morgan fingerprint density at radius 1 is 1.38 bits per heavy atom. The Kier molecular flexibility index (Phi) is 10.9. The van der Waals surface area contributed by atoms with Crippen LogP contribution in [0.15, 0.2) is 12.7 Å². The van der Waals surface area contributed by atoms with Gasteiger partial charge in [0.2, 0.25) is 0 Å². The number of halogens is 1. The molecular formula is C11H22IN. The van der Waals surface area contributed by atoms with E-state index >= 15 is 0 Å². The quantitative estimate of drug-likeness (QED) is 0.297. The van der Waals surface area contributed by atoms with E-state index in [1.165, 1.54) is 36.5 Å². The van der Waals surface area contributed by atoms with Crippen molar-refractivity contribution < 1.29 is 0 Å². The van der Waals surface area contributed by atoms with Crippen LogP contribution in [0.2, 0.25) is 0 Å². The van der Waals surface area contributed by atoms with Crippen molar-refractivity contribution in [3.8, 4) is 0 Å². The zero-order valence-corrected chi connectivity index (χ0v) is 10.8. The Hall–Kier alpha value is 0.430. The first kappa shape index (κ1) is 13.4. The predicted octanol–water partition coefficient (Wildman–Crippen LogP) is 3.54. The van der Waals surface area contributed by atoms with Crippen LogP contribution in [0, 0.1) is 0 Å². The van der Waals surface area contributed by atoms with E-state index < -0.39 is 0 Å². The lowest BCUT2D eigenvalue weighted by Crippen LogP contribution is -2.27. The highest BCUT2D eigenvalue weighted by Crippen LogP contribution is 2.00. The molecule has 13 heavy (non-hydrogen) atoms. The summed E-state index contributed by atoms with van der Waals surface area (Å²) in [6.07, 6.45) is 8.49. The number of unbranched alkanes of at least 4 members (excludes halogenated alkanes) is 2. The summed E-state index contributed by atoms with van der Waals surface area (Å²) in [4.78, 5) is 0. The molecule has 0 aliphatic heterocycles. The second-order valence-electron chi connectivity index (χ2n) is 3.33. The Labute approximate surface area is 96.5 Å². The van der Waals surface area contributed by atoms with Gasteiger partial charge in [-0.25, -0.2) is 0 Å². The van der Waals surface area contributed by atoms with E-state index in [1.807, 2.05) is 6.08 Å². The van der Waals surface area contributed by atoms with Gasteiger partial charge in [0.1, 0.15) is 0 Å². The van der Waals surface area contributed by atoms with E-state index in [0.29, 0.717) is 6.04 Å². The van der Waals surface area contributed by atoms with Crippen LogP contribution in [0.25, 0.3) is 0 Å². The fraction of sp³-hybridized carbons (Fsp3) is 0.818. The lowest BCUT2D eigenvalue weighted by Gasteiger charge is -2.12. The molecule has 0 spiro atoms. The van der Waals surface area contributed by atoms with Crippen LogP contribution in [-0.4, -0.2) is 17.0 Å². The summed E-state index contributed by atoms with van der Waals surface area (Å²) in [7, 11) is 0. The van der Waals surface area contributed by atoms with Gasteiger partial charge in [-0.2, -0.15) is 0 Å². The van der Waals surface area contributed by atoms with Crippen LogP contribution in [0.4, 0.5) is 0 Å². The maximum absolute atomic E-state index is 3.83. The van der Waals surface area contributed by atoms with Crippen molar-refractivity contribution in [1.82, 2.24) is 5.32 Å². The third kappa shape index (κ3) is 8.75. The number of rotatable bonds is 9. The van der Waals surface area contributed by atoms with Crippen molar-refractivity contribution in [2.75, 3.05) is 11.0 Å². The van der Waals surface area contributed by atoms with Crippen molar-refractivity contribution in [3.05, 3.63) is 12.7 Å². The fourth-order valence-electron chi connectivity index (χ4n) is 1.30. The molecule has 0 amide bonds. The number of hydrogen-bond donors (Lipinski definition) is 1. The summed E-state index contributed by atoms with van der Waals surface area (Å²) in [6.45, 7) is 7.19. The van der Waals surface area contributed by atoms with Crippen LogP contribution in [-0.2, 0) is 0 Å². The molecule has 1 unspecified atom stereocenters. The van der Waals surface area contributed by atoms with Crippen LogP contribution in [0.1, 0.15) is 39.0 Å². The molecule has 0 saturated carbocycles. The van der Waals surface area contributed by atoms with E-state index in [4.69, 9.17) is 0 Å². The van der Waals surface area contributed by atoms with Gasteiger partial charge in [-0.3, -0.25) is 0 Å². The van der Waals surface area contributed by atoms with Gasteiger partial charge in [0.15, 0.2) is 0 Å². The molecule has 1 N–H and O–H groups in total. The molecule has 0 fully saturated rings. The standard InChI is InChI=1S/C11H22IN/c1-3-8-11(4-2)13-10-7-5-6-9-12/h4,11,13H,2-3,5-10H2,1H3. The molecule has 0 rings (SSSR count). The smallest absolute Gasteiger partial charge is 0.0247 e. The maximum atomic E-state index is 3.83. The monoisotopic (exact) mass is 295 g/mol. The average molecular weight is 295 g/mol. The van der Waals surface area contributed by atoms with Gasteiger partial charge in [0.05, 0.1) is 0 Å². The molecule has 0 aromatic carbocycles. The molecule has 0 aromatic heterocycles. The molecule has 78 valence electrons. The molecule has 0 bridgehead atoms. The van der Waals surface area contributed by atoms with E-state index in [-0.39, 0.29) is 0 Å². The molecule has 0 aromatic rings. The first-order valence-corrected chi connectivity index (χ1v) is 6.79. The van der Waals surface area contributed by atoms with E-state index in [2.05, 4.69) is 41.4 Å². The van der Waals surface area contributed by atoms with Crippen LogP contribution >= 0.6 is 22.6 Å². The summed E-state index contributed by atoms with van der Waals surface area (Å²) in [5.74, 6) is 0. The largest absolute Gasteiger partial charge is 0.311 e. The Bertz CT molecular complexity index is 115. The molecule has 1 nitrogen and oxygen atoms in total. The highest BCUT2D eigenvalue weighted by atomic mass is 127. The van der Waals surface area contributed by atoms with Crippen molar-refractivity contribution >= 4 is 22.6 Å². The van der Waals surface area contributed by atoms with Gasteiger partial charge in [0.25, 0.3) is 0 Å². The first-order chi connectivity index (χ1) is 6.35. The van der Waals surface area contributed by atoms with Gasteiger partial charge >= 0.3 is 0 Å². The van der Waals surface area contributed by atoms with Gasteiger partial charge in [-0.1, -0.05) is 48.4 Å². The van der Waals surface area contributed by atoms with Crippen molar-refractivity contribution in [3.63, 3.8) is 0 Å². The Morgan fingerprint density at radius 3 is 2.69 bits per heavy atom. The number of nitrogens with one attached hydrogen (secondary N) is 1. The second-order valence-corrected chi connectivity index (χ2v) is 4.41. The van der Waals surface area contributed by atoms with Crippen LogP contribution in [0.5, 0.6) is 0 Å². The minimum atomic E-state index is 0.532. The fourth-order valence-corrected chi connectivity index (χ4v) is 1.84. The molecule has 0 heterocycles. The zero-order valence-electron chi connectivity index (χ0n) is 8.69. The normalized spacial score (nSPS) is 12.8. The first-order valence-electron chi connectivity index (χ1n) is 5.27. The summed E-state index contributed by atoms with van der Waals surface area (Å²) >= 11 is 2.44. The van der Waals surface area contributed by atoms with E-state index in [0.717, 1.165) is 6.54 Å². The Balaban J connectivity index is 3.22. The maximum Gasteiger partial charge on any atom is 0.0247 e. The van der Waals surface area contributed by atoms with Gasteiger partial charge in [-0.15, -0.1) is 6.58 Å². The predicted molar refractivity (Wildman–Crippen MR) is 69.6 cm³/mol. The van der Waals surface area contributed by atoms with Crippen LogP contribution in [0.3, 0.4) is 0 Å². The molecule has 1 atom stereocenters. The van der Waals surface area contributed by atoms with Crippen LogP contribution < -0.4 is 5.32 Å². The third-order valence-corrected chi connectivity index (χ3v) is 2.86. The summed E-state index contributed by atoms with van der Waals surface area (Å²) in [5, 5.41) is 3.51. The lowest BCUT2D eigenvalue weighted by atomic mass is 10.1. The average Bonchev–Trinajstić information content (AvgIpc) is 2.16. The van der Waals surface area contributed by atoms with Gasteiger partial charge in [0, 0.05) is 6.04 Å². The molecule has 0 radical (unpaired) electrons. The topological polar surface area (TPSA) is 12.0 Å². The highest BCUT2D eigenvalue weighted by Gasteiger charge is 1.99. The number of alkyl halides is 1. The minimum Gasteiger partial charge on any atom is -0.311 e. The molecule has 0 aliphatic rings. The molecule has 2 heteroatoms. The van der Waals surface area contributed by atoms with Gasteiger partial charge in [-0.05, 0) is 30.2 Å². The van der Waals surface area contributed by atoms with Crippen molar-refractivity contribution in [2.45, 2.75) is 45.1 Å². The molecule has 0 aliphatic carbocycles. The van der Waals surface area contributed by atoms with Gasteiger partial charge < -0.3 is 5.32 Å².